The Hall–Kier alpha value is -1.84. The maximum Gasteiger partial charge on any atom is 0.189 e. The number of nitrogens with one attached hydrogen (secondary N) is 1. The minimum atomic E-state index is -0.311. The van der Waals surface area contributed by atoms with Gasteiger partial charge in [0.25, 0.3) is 0 Å². The van der Waals surface area contributed by atoms with Gasteiger partial charge in [-0.2, -0.15) is 0 Å². The van der Waals surface area contributed by atoms with Crippen LogP contribution in [-0.2, 0) is 0 Å². The van der Waals surface area contributed by atoms with Crippen LogP contribution in [0, 0.1) is 5.82 Å². The number of hydrogen-bond acceptors (Lipinski definition) is 2. The summed E-state index contributed by atoms with van der Waals surface area (Å²) in [5.74, 6) is -0.311. The minimum Gasteiger partial charge on any atom is -0.380 e. The third-order valence-electron chi connectivity index (χ3n) is 5.70. The summed E-state index contributed by atoms with van der Waals surface area (Å²) >= 11 is 0. The Balaban J connectivity index is 1.76. The summed E-state index contributed by atoms with van der Waals surface area (Å²) in [7, 11) is 0. The molecule has 1 heterocycles. The van der Waals surface area contributed by atoms with Crippen molar-refractivity contribution in [2.75, 3.05) is 5.32 Å². The number of halogens is 1. The van der Waals surface area contributed by atoms with E-state index in [4.69, 9.17) is 0 Å². The van der Waals surface area contributed by atoms with Crippen LogP contribution in [0.5, 0.6) is 0 Å². The van der Waals surface area contributed by atoms with Gasteiger partial charge in [0.2, 0.25) is 0 Å². The molecule has 2 aromatic rings. The zero-order chi connectivity index (χ0) is 16.5. The van der Waals surface area contributed by atoms with E-state index in [1.807, 2.05) is 12.3 Å². The number of hydrogen-bond donors (Lipinski definition) is 1. The van der Waals surface area contributed by atoms with Crippen molar-refractivity contribution in [3.8, 4) is 0 Å². The first kappa shape index (κ1) is 15.7. The van der Waals surface area contributed by atoms with Gasteiger partial charge in [0.1, 0.15) is 5.82 Å². The molecule has 4 rings (SSSR count). The fourth-order valence-corrected chi connectivity index (χ4v) is 4.37. The molecule has 128 valence electrons. The SMILES string of the molecule is O=c1ccn(C2CCCC2)c2cc(NC3CCCCC3)c(F)cc12. The van der Waals surface area contributed by atoms with E-state index in [9.17, 15) is 9.18 Å². The van der Waals surface area contributed by atoms with Gasteiger partial charge in [0, 0.05) is 29.7 Å². The molecule has 24 heavy (non-hydrogen) atoms. The van der Waals surface area contributed by atoms with Crippen LogP contribution < -0.4 is 10.7 Å². The molecule has 0 amide bonds. The Morgan fingerprint density at radius 3 is 2.46 bits per heavy atom. The van der Waals surface area contributed by atoms with E-state index in [0.29, 0.717) is 23.2 Å². The maximum absolute atomic E-state index is 14.6. The molecule has 1 N–H and O–H groups in total. The lowest BCUT2D eigenvalue weighted by Crippen LogP contribution is -2.23. The lowest BCUT2D eigenvalue weighted by Gasteiger charge is -2.25. The van der Waals surface area contributed by atoms with Gasteiger partial charge in [-0.15, -0.1) is 0 Å². The van der Waals surface area contributed by atoms with Crippen molar-refractivity contribution in [2.24, 2.45) is 0 Å². The molecule has 0 unspecified atom stereocenters. The summed E-state index contributed by atoms with van der Waals surface area (Å²) in [5, 5.41) is 3.88. The van der Waals surface area contributed by atoms with Crippen molar-refractivity contribution in [1.29, 1.82) is 0 Å². The van der Waals surface area contributed by atoms with Crippen LogP contribution in [0.2, 0.25) is 0 Å². The Kier molecular flexibility index (Phi) is 4.30. The van der Waals surface area contributed by atoms with Crippen molar-refractivity contribution in [2.45, 2.75) is 69.9 Å². The zero-order valence-corrected chi connectivity index (χ0v) is 14.1. The van der Waals surface area contributed by atoms with Crippen LogP contribution in [0.3, 0.4) is 0 Å². The summed E-state index contributed by atoms with van der Waals surface area (Å²) in [6.07, 6.45) is 12.5. The van der Waals surface area contributed by atoms with Crippen LogP contribution in [0.4, 0.5) is 10.1 Å². The molecule has 1 aromatic heterocycles. The van der Waals surface area contributed by atoms with E-state index < -0.39 is 0 Å². The molecule has 2 fully saturated rings. The third-order valence-corrected chi connectivity index (χ3v) is 5.70. The number of aromatic nitrogens is 1. The van der Waals surface area contributed by atoms with Crippen LogP contribution >= 0.6 is 0 Å². The van der Waals surface area contributed by atoms with Gasteiger partial charge in [-0.1, -0.05) is 32.1 Å². The van der Waals surface area contributed by atoms with E-state index in [1.165, 1.54) is 38.2 Å². The largest absolute Gasteiger partial charge is 0.380 e. The molecule has 2 aliphatic carbocycles. The van der Waals surface area contributed by atoms with Gasteiger partial charge in [0.05, 0.1) is 11.2 Å². The van der Waals surface area contributed by atoms with Crippen molar-refractivity contribution >= 4 is 16.6 Å². The first-order chi connectivity index (χ1) is 11.7. The minimum absolute atomic E-state index is 0.0950. The van der Waals surface area contributed by atoms with E-state index in [0.717, 1.165) is 31.2 Å². The fraction of sp³-hybridized carbons (Fsp3) is 0.550. The molecule has 0 radical (unpaired) electrons. The molecular weight excluding hydrogens is 303 g/mol. The standard InChI is InChI=1S/C20H25FN2O/c21-17-12-16-19(13-18(17)22-14-6-2-1-3-7-14)23(11-10-20(16)24)15-8-4-5-9-15/h10-15,22H,1-9H2. The lowest BCUT2D eigenvalue weighted by atomic mass is 9.95. The predicted octanol–water partition coefficient (Wildman–Crippen LogP) is 5.00. The van der Waals surface area contributed by atoms with Crippen molar-refractivity contribution in [3.63, 3.8) is 0 Å². The van der Waals surface area contributed by atoms with Gasteiger partial charge in [-0.25, -0.2) is 4.39 Å². The molecule has 1 aromatic carbocycles. The van der Waals surface area contributed by atoms with Crippen LogP contribution in [0.25, 0.3) is 10.9 Å². The molecule has 0 atom stereocenters. The van der Waals surface area contributed by atoms with E-state index in [-0.39, 0.29) is 11.2 Å². The second kappa shape index (κ2) is 6.58. The molecular formula is C20H25FN2O. The second-order valence-corrected chi connectivity index (χ2v) is 7.35. The normalized spacial score (nSPS) is 19.9. The summed E-state index contributed by atoms with van der Waals surface area (Å²) in [4.78, 5) is 12.2. The molecule has 3 nitrogen and oxygen atoms in total. The Labute approximate surface area is 141 Å². The van der Waals surface area contributed by atoms with Gasteiger partial charge >= 0.3 is 0 Å². The Bertz CT molecular complexity index is 786. The number of rotatable bonds is 3. The van der Waals surface area contributed by atoms with Crippen molar-refractivity contribution < 1.29 is 4.39 Å². The van der Waals surface area contributed by atoms with Gasteiger partial charge < -0.3 is 9.88 Å². The van der Waals surface area contributed by atoms with Crippen molar-refractivity contribution in [1.82, 2.24) is 4.57 Å². The number of nitrogens with zero attached hydrogens (tertiary/aromatic N) is 1. The first-order valence-corrected chi connectivity index (χ1v) is 9.33. The summed E-state index contributed by atoms with van der Waals surface area (Å²) in [6.45, 7) is 0. The molecule has 2 aliphatic rings. The topological polar surface area (TPSA) is 34.0 Å². The number of fused-ring (bicyclic) bond motifs is 1. The van der Waals surface area contributed by atoms with E-state index in [1.54, 1.807) is 6.07 Å². The predicted molar refractivity (Wildman–Crippen MR) is 96.2 cm³/mol. The third kappa shape index (κ3) is 2.94. The average Bonchev–Trinajstić information content (AvgIpc) is 3.12. The lowest BCUT2D eigenvalue weighted by molar-refractivity contribution is 0.460. The highest BCUT2D eigenvalue weighted by molar-refractivity contribution is 5.83. The smallest absolute Gasteiger partial charge is 0.189 e. The van der Waals surface area contributed by atoms with Crippen LogP contribution in [0.15, 0.2) is 29.2 Å². The zero-order valence-electron chi connectivity index (χ0n) is 14.1. The van der Waals surface area contributed by atoms with Crippen molar-refractivity contribution in [3.05, 3.63) is 40.4 Å². The van der Waals surface area contributed by atoms with Gasteiger partial charge in [-0.05, 0) is 37.8 Å². The summed E-state index contributed by atoms with van der Waals surface area (Å²) in [5.41, 5.74) is 1.32. The fourth-order valence-electron chi connectivity index (χ4n) is 4.37. The molecule has 0 saturated heterocycles. The van der Waals surface area contributed by atoms with Crippen LogP contribution in [0.1, 0.15) is 63.8 Å². The summed E-state index contributed by atoms with van der Waals surface area (Å²) < 4.78 is 16.7. The molecule has 0 aliphatic heterocycles. The molecule has 2 saturated carbocycles. The monoisotopic (exact) mass is 328 g/mol. The number of pyridine rings is 1. The summed E-state index contributed by atoms with van der Waals surface area (Å²) in [6, 6.07) is 5.64. The highest BCUT2D eigenvalue weighted by atomic mass is 19.1. The van der Waals surface area contributed by atoms with E-state index in [2.05, 4.69) is 9.88 Å². The number of benzene rings is 1. The molecule has 0 spiro atoms. The highest BCUT2D eigenvalue weighted by Gasteiger charge is 2.20. The quantitative estimate of drug-likeness (QED) is 0.860. The van der Waals surface area contributed by atoms with Gasteiger partial charge in [0.15, 0.2) is 5.43 Å². The van der Waals surface area contributed by atoms with E-state index >= 15 is 0 Å². The first-order valence-electron chi connectivity index (χ1n) is 9.33. The van der Waals surface area contributed by atoms with Gasteiger partial charge in [-0.3, -0.25) is 4.79 Å². The maximum atomic E-state index is 14.6. The molecule has 0 bridgehead atoms. The average molecular weight is 328 g/mol. The highest BCUT2D eigenvalue weighted by Crippen LogP contribution is 2.33. The number of anilines is 1. The second-order valence-electron chi connectivity index (χ2n) is 7.35. The Morgan fingerprint density at radius 1 is 1.00 bits per heavy atom. The molecule has 4 heteroatoms. The van der Waals surface area contributed by atoms with Crippen LogP contribution in [-0.4, -0.2) is 10.6 Å². The Morgan fingerprint density at radius 2 is 1.71 bits per heavy atom.